The Labute approximate surface area is 186 Å². The molecule has 0 fully saturated rings. The van der Waals surface area contributed by atoms with E-state index in [-0.39, 0.29) is 19.0 Å². The Bertz CT molecular complexity index is 754. The van der Waals surface area contributed by atoms with Crippen LogP contribution in [-0.2, 0) is 9.53 Å². The van der Waals surface area contributed by atoms with Crippen LogP contribution in [0, 0.1) is 0 Å². The van der Waals surface area contributed by atoms with E-state index in [0.29, 0.717) is 18.3 Å². The van der Waals surface area contributed by atoms with Gasteiger partial charge in [-0.05, 0) is 67.6 Å². The van der Waals surface area contributed by atoms with Crippen molar-refractivity contribution in [1.29, 1.82) is 0 Å². The van der Waals surface area contributed by atoms with Gasteiger partial charge in [-0.2, -0.15) is 0 Å². The van der Waals surface area contributed by atoms with E-state index >= 15 is 0 Å². The number of esters is 1. The Kier molecular flexibility index (Phi) is 10.9. The van der Waals surface area contributed by atoms with Crippen LogP contribution in [-0.4, -0.2) is 25.5 Å². The summed E-state index contributed by atoms with van der Waals surface area (Å²) in [5, 5.41) is 0. The first-order chi connectivity index (χ1) is 15.0. The monoisotopic (exact) mass is 428 g/mol. The van der Waals surface area contributed by atoms with Gasteiger partial charge in [-0.1, -0.05) is 45.7 Å². The molecule has 0 bridgehead atoms. The second-order valence-corrected chi connectivity index (χ2v) is 7.69. The van der Waals surface area contributed by atoms with Crippen molar-refractivity contribution in [2.24, 2.45) is 0 Å². The summed E-state index contributed by atoms with van der Waals surface area (Å²) < 4.78 is 22.3. The largest absolute Gasteiger partial charge is 0.494 e. The third kappa shape index (κ3) is 9.43. The lowest BCUT2D eigenvalue weighted by atomic mass is 9.99. The van der Waals surface area contributed by atoms with Crippen molar-refractivity contribution < 1.29 is 23.7 Å². The highest BCUT2D eigenvalue weighted by Gasteiger charge is 2.10. The molecule has 0 aliphatic rings. The standard InChI is InChI=1S/C26H36O5/c1-5-7-8-18-29-23-13-15-25(16-14-23)31-26(27)17-19-28-21(4)30-24-11-9-22(10-12-24)20(3)6-2/h9-16,20-21H,5-8,17-19H2,1-4H3. The molecule has 170 valence electrons. The van der Waals surface area contributed by atoms with E-state index in [4.69, 9.17) is 18.9 Å². The smallest absolute Gasteiger partial charge is 0.313 e. The zero-order valence-corrected chi connectivity index (χ0v) is 19.3. The van der Waals surface area contributed by atoms with Crippen molar-refractivity contribution in [3.8, 4) is 17.2 Å². The molecule has 2 atom stereocenters. The minimum absolute atomic E-state index is 0.149. The van der Waals surface area contributed by atoms with Crippen molar-refractivity contribution in [2.75, 3.05) is 13.2 Å². The van der Waals surface area contributed by atoms with Crippen LogP contribution in [0.1, 0.15) is 71.3 Å². The Morgan fingerprint density at radius 2 is 1.48 bits per heavy atom. The van der Waals surface area contributed by atoms with Gasteiger partial charge in [0.1, 0.15) is 17.2 Å². The SMILES string of the molecule is CCCCCOc1ccc(OC(=O)CCOC(C)Oc2ccc(C(C)CC)cc2)cc1. The Morgan fingerprint density at radius 3 is 2.13 bits per heavy atom. The Balaban J connectivity index is 1.65. The van der Waals surface area contributed by atoms with Gasteiger partial charge in [0.2, 0.25) is 0 Å². The number of hydrogen-bond donors (Lipinski definition) is 0. The summed E-state index contributed by atoms with van der Waals surface area (Å²) in [5.74, 6) is 2.21. The normalized spacial score (nSPS) is 12.8. The number of ether oxygens (including phenoxy) is 4. The molecular weight excluding hydrogens is 392 g/mol. The summed E-state index contributed by atoms with van der Waals surface area (Å²) in [5.41, 5.74) is 1.29. The molecule has 0 aliphatic heterocycles. The minimum atomic E-state index is -0.452. The molecule has 31 heavy (non-hydrogen) atoms. The molecule has 2 aromatic carbocycles. The zero-order valence-electron chi connectivity index (χ0n) is 19.3. The predicted molar refractivity (Wildman–Crippen MR) is 123 cm³/mol. The van der Waals surface area contributed by atoms with Gasteiger partial charge in [-0.15, -0.1) is 0 Å². The van der Waals surface area contributed by atoms with Crippen LogP contribution in [0.4, 0.5) is 0 Å². The Hall–Kier alpha value is -2.53. The van der Waals surface area contributed by atoms with E-state index in [1.54, 1.807) is 12.1 Å². The van der Waals surface area contributed by atoms with E-state index in [1.807, 2.05) is 31.2 Å². The average Bonchev–Trinajstić information content (AvgIpc) is 2.78. The molecule has 0 aromatic heterocycles. The highest BCUT2D eigenvalue weighted by atomic mass is 16.7. The van der Waals surface area contributed by atoms with Gasteiger partial charge in [-0.3, -0.25) is 4.79 Å². The van der Waals surface area contributed by atoms with Crippen molar-refractivity contribution in [3.63, 3.8) is 0 Å². The fraction of sp³-hybridized carbons (Fsp3) is 0.500. The van der Waals surface area contributed by atoms with Crippen LogP contribution in [0.15, 0.2) is 48.5 Å². The van der Waals surface area contributed by atoms with Gasteiger partial charge in [0.05, 0.1) is 19.6 Å². The first-order valence-corrected chi connectivity index (χ1v) is 11.3. The third-order valence-corrected chi connectivity index (χ3v) is 5.09. The number of carbonyl (C=O) groups is 1. The molecule has 0 amide bonds. The molecule has 0 saturated carbocycles. The first-order valence-electron chi connectivity index (χ1n) is 11.3. The molecular formula is C26H36O5. The van der Waals surface area contributed by atoms with E-state index in [9.17, 15) is 4.79 Å². The summed E-state index contributed by atoms with van der Waals surface area (Å²) in [7, 11) is 0. The molecule has 2 aromatic rings. The fourth-order valence-corrected chi connectivity index (χ4v) is 2.97. The molecule has 2 unspecified atom stereocenters. The molecule has 0 aliphatic carbocycles. The fourth-order valence-electron chi connectivity index (χ4n) is 2.97. The number of unbranched alkanes of at least 4 members (excludes halogenated alkanes) is 2. The first kappa shape index (κ1) is 24.7. The number of carbonyl (C=O) groups excluding carboxylic acids is 1. The predicted octanol–water partition coefficient (Wildman–Crippen LogP) is 6.51. The van der Waals surface area contributed by atoms with Crippen LogP contribution in [0.25, 0.3) is 0 Å². The van der Waals surface area contributed by atoms with Gasteiger partial charge in [-0.25, -0.2) is 0 Å². The highest BCUT2D eigenvalue weighted by molar-refractivity contribution is 5.72. The highest BCUT2D eigenvalue weighted by Crippen LogP contribution is 2.22. The topological polar surface area (TPSA) is 54.0 Å². The van der Waals surface area contributed by atoms with Gasteiger partial charge in [0, 0.05) is 0 Å². The lowest BCUT2D eigenvalue weighted by Gasteiger charge is -2.16. The molecule has 5 heteroatoms. The second-order valence-electron chi connectivity index (χ2n) is 7.69. The summed E-state index contributed by atoms with van der Waals surface area (Å²) in [6.45, 7) is 9.28. The Morgan fingerprint density at radius 1 is 0.839 bits per heavy atom. The summed E-state index contributed by atoms with van der Waals surface area (Å²) in [6.07, 6.45) is 4.16. The van der Waals surface area contributed by atoms with Gasteiger partial charge < -0.3 is 18.9 Å². The molecule has 0 radical (unpaired) electrons. The van der Waals surface area contributed by atoms with E-state index in [1.165, 1.54) is 12.0 Å². The average molecular weight is 429 g/mol. The van der Waals surface area contributed by atoms with E-state index < -0.39 is 6.29 Å². The number of benzene rings is 2. The lowest BCUT2D eigenvalue weighted by Crippen LogP contribution is -2.19. The quantitative estimate of drug-likeness (QED) is 0.149. The lowest BCUT2D eigenvalue weighted by molar-refractivity contribution is -0.138. The van der Waals surface area contributed by atoms with Gasteiger partial charge in [0.25, 0.3) is 0 Å². The number of rotatable bonds is 14. The molecule has 0 heterocycles. The molecule has 2 rings (SSSR count). The van der Waals surface area contributed by atoms with Crippen LogP contribution in [0.5, 0.6) is 17.2 Å². The summed E-state index contributed by atoms with van der Waals surface area (Å²) in [4.78, 5) is 12.0. The summed E-state index contributed by atoms with van der Waals surface area (Å²) in [6, 6.07) is 15.2. The summed E-state index contributed by atoms with van der Waals surface area (Å²) >= 11 is 0. The van der Waals surface area contributed by atoms with Crippen molar-refractivity contribution in [3.05, 3.63) is 54.1 Å². The maximum atomic E-state index is 12.0. The van der Waals surface area contributed by atoms with Gasteiger partial charge in [0.15, 0.2) is 6.29 Å². The maximum Gasteiger partial charge on any atom is 0.313 e. The van der Waals surface area contributed by atoms with Crippen LogP contribution in [0.2, 0.25) is 0 Å². The molecule has 5 nitrogen and oxygen atoms in total. The van der Waals surface area contributed by atoms with Gasteiger partial charge >= 0.3 is 5.97 Å². The third-order valence-electron chi connectivity index (χ3n) is 5.09. The second kappa shape index (κ2) is 13.7. The molecule has 0 spiro atoms. The van der Waals surface area contributed by atoms with Crippen molar-refractivity contribution >= 4 is 5.97 Å². The van der Waals surface area contributed by atoms with Crippen molar-refractivity contribution in [2.45, 2.75) is 72.0 Å². The van der Waals surface area contributed by atoms with E-state index in [0.717, 1.165) is 30.8 Å². The van der Waals surface area contributed by atoms with Crippen LogP contribution >= 0.6 is 0 Å². The minimum Gasteiger partial charge on any atom is -0.494 e. The van der Waals surface area contributed by atoms with Crippen molar-refractivity contribution in [1.82, 2.24) is 0 Å². The van der Waals surface area contributed by atoms with Crippen LogP contribution < -0.4 is 14.2 Å². The molecule has 0 N–H and O–H groups in total. The molecule has 0 saturated heterocycles. The van der Waals surface area contributed by atoms with E-state index in [2.05, 4.69) is 32.9 Å². The maximum absolute atomic E-state index is 12.0. The zero-order chi connectivity index (χ0) is 22.5. The number of hydrogen-bond acceptors (Lipinski definition) is 5. The van der Waals surface area contributed by atoms with Crippen LogP contribution in [0.3, 0.4) is 0 Å².